The van der Waals surface area contributed by atoms with Gasteiger partial charge in [0.2, 0.25) is 5.89 Å². The fourth-order valence-electron chi connectivity index (χ4n) is 2.72. The summed E-state index contributed by atoms with van der Waals surface area (Å²) in [6.07, 6.45) is 1.95. The van der Waals surface area contributed by atoms with Crippen LogP contribution in [-0.4, -0.2) is 37.2 Å². The minimum atomic E-state index is -0.389. The van der Waals surface area contributed by atoms with Crippen molar-refractivity contribution in [3.8, 4) is 17.2 Å². The summed E-state index contributed by atoms with van der Waals surface area (Å²) in [5.74, 6) is 0.576. The Hall–Kier alpha value is -2.69. The van der Waals surface area contributed by atoms with Crippen LogP contribution in [0.1, 0.15) is 12.6 Å². The zero-order chi connectivity index (χ0) is 21.3. The van der Waals surface area contributed by atoms with Gasteiger partial charge < -0.3 is 19.8 Å². The molecule has 0 fully saturated rings. The Labute approximate surface area is 197 Å². The first-order valence-corrected chi connectivity index (χ1v) is 9.61. The van der Waals surface area contributed by atoms with Gasteiger partial charge in [-0.1, -0.05) is 12.1 Å². The molecule has 6 nitrogen and oxygen atoms in total. The minimum absolute atomic E-state index is 0. The highest BCUT2D eigenvalue weighted by molar-refractivity contribution is 14.0. The lowest BCUT2D eigenvalue weighted by molar-refractivity contribution is 0.214. The van der Waals surface area contributed by atoms with Gasteiger partial charge in [0.25, 0.3) is 0 Å². The molecule has 0 radical (unpaired) electrons. The monoisotopic (exact) mass is 542 g/mol. The number of ether oxygens (including phenoxy) is 1. The van der Waals surface area contributed by atoms with Gasteiger partial charge in [0.1, 0.15) is 18.2 Å². The van der Waals surface area contributed by atoms with Crippen molar-refractivity contribution in [2.75, 3.05) is 20.1 Å². The van der Waals surface area contributed by atoms with Crippen molar-refractivity contribution in [1.29, 1.82) is 0 Å². The quantitative estimate of drug-likeness (QED) is 0.251. The van der Waals surface area contributed by atoms with Crippen LogP contribution in [0.2, 0.25) is 0 Å². The number of aliphatic imine (C=N–C) groups is 1. The van der Waals surface area contributed by atoms with E-state index < -0.39 is 0 Å². The van der Waals surface area contributed by atoms with Gasteiger partial charge in [-0.25, -0.2) is 13.8 Å². The topological polar surface area (TPSA) is 71.7 Å². The van der Waals surface area contributed by atoms with Gasteiger partial charge in [0.15, 0.2) is 17.5 Å². The Bertz CT molecular complexity index is 980. The molecule has 0 aliphatic carbocycles. The molecule has 31 heavy (non-hydrogen) atoms. The Kier molecular flexibility index (Phi) is 9.70. The van der Waals surface area contributed by atoms with Crippen LogP contribution in [0.4, 0.5) is 8.78 Å². The Balaban J connectivity index is 0.00000341. The molecule has 0 saturated carbocycles. The summed E-state index contributed by atoms with van der Waals surface area (Å²) in [6, 6.07) is 12.3. The zero-order valence-corrected chi connectivity index (χ0v) is 19.6. The molecule has 0 spiro atoms. The molecular weight excluding hydrogens is 517 g/mol. The smallest absolute Gasteiger partial charge is 0.226 e. The largest absolute Gasteiger partial charge is 0.486 e. The van der Waals surface area contributed by atoms with Crippen LogP contribution in [0.3, 0.4) is 0 Å². The second-order valence-corrected chi connectivity index (χ2v) is 6.64. The van der Waals surface area contributed by atoms with Gasteiger partial charge in [0.05, 0.1) is 12.2 Å². The number of benzene rings is 2. The number of halogens is 3. The molecule has 1 unspecified atom stereocenters. The first-order valence-electron chi connectivity index (χ1n) is 9.61. The van der Waals surface area contributed by atoms with Gasteiger partial charge in [-0.15, -0.1) is 24.0 Å². The van der Waals surface area contributed by atoms with E-state index in [1.54, 1.807) is 43.6 Å². The van der Waals surface area contributed by atoms with Crippen LogP contribution < -0.4 is 15.4 Å². The maximum absolute atomic E-state index is 13.7. The Morgan fingerprint density at radius 2 is 1.87 bits per heavy atom. The molecule has 2 aromatic carbocycles. The first-order chi connectivity index (χ1) is 14.5. The molecule has 1 atom stereocenters. The van der Waals surface area contributed by atoms with Crippen LogP contribution in [0.25, 0.3) is 11.5 Å². The number of hydrogen-bond acceptors (Lipinski definition) is 4. The maximum atomic E-state index is 13.7. The van der Waals surface area contributed by atoms with Crippen molar-refractivity contribution in [3.05, 3.63) is 72.1 Å². The van der Waals surface area contributed by atoms with Crippen molar-refractivity contribution in [2.45, 2.75) is 19.4 Å². The molecule has 2 N–H and O–H groups in total. The van der Waals surface area contributed by atoms with E-state index in [1.807, 2.05) is 6.92 Å². The van der Waals surface area contributed by atoms with Gasteiger partial charge >= 0.3 is 0 Å². The van der Waals surface area contributed by atoms with E-state index in [0.717, 1.165) is 11.3 Å². The average molecular weight is 542 g/mol. The van der Waals surface area contributed by atoms with Crippen molar-refractivity contribution in [2.24, 2.45) is 4.99 Å². The van der Waals surface area contributed by atoms with Gasteiger partial charge in [-0.3, -0.25) is 4.99 Å². The predicted octanol–water partition coefficient (Wildman–Crippen LogP) is 4.41. The molecule has 0 bridgehead atoms. The second-order valence-electron chi connectivity index (χ2n) is 6.64. The average Bonchev–Trinajstić information content (AvgIpc) is 3.21. The number of nitrogens with one attached hydrogen (secondary N) is 2. The Morgan fingerprint density at radius 3 is 2.58 bits per heavy atom. The van der Waals surface area contributed by atoms with Crippen LogP contribution >= 0.6 is 24.0 Å². The summed E-state index contributed by atoms with van der Waals surface area (Å²) in [5, 5.41) is 6.33. The molecule has 0 amide bonds. The van der Waals surface area contributed by atoms with Crippen molar-refractivity contribution < 1.29 is 17.9 Å². The highest BCUT2D eigenvalue weighted by Crippen LogP contribution is 2.19. The molecule has 3 aromatic rings. The van der Waals surface area contributed by atoms with Crippen LogP contribution in [-0.2, 0) is 6.42 Å². The van der Waals surface area contributed by atoms with Gasteiger partial charge in [0, 0.05) is 25.6 Å². The number of nitrogens with zero attached hydrogens (tertiary/aromatic N) is 2. The fourth-order valence-corrected chi connectivity index (χ4v) is 2.72. The number of para-hydroxylation sites is 1. The third-order valence-electron chi connectivity index (χ3n) is 4.26. The molecule has 0 aliphatic heterocycles. The van der Waals surface area contributed by atoms with Gasteiger partial charge in [-0.2, -0.15) is 0 Å². The highest BCUT2D eigenvalue weighted by atomic mass is 127. The first kappa shape index (κ1) is 24.6. The summed E-state index contributed by atoms with van der Waals surface area (Å²) in [4.78, 5) is 8.58. The molecular formula is C22H25F2IN4O2. The molecule has 1 heterocycles. The summed E-state index contributed by atoms with van der Waals surface area (Å²) >= 11 is 0. The molecule has 9 heteroatoms. The number of rotatable bonds is 8. The standard InChI is InChI=1S/C22H24F2N4O2.HI/c1-15(30-20-6-4-3-5-19(20)24)13-27-22(25-2)26-12-11-18-14-29-21(28-18)16-7-9-17(23)10-8-16;/h3-10,14-15H,11-13H2,1-2H3,(H2,25,26,27);1H. The van der Waals surface area contributed by atoms with E-state index in [2.05, 4.69) is 20.6 Å². The number of hydrogen-bond donors (Lipinski definition) is 2. The summed E-state index contributed by atoms with van der Waals surface area (Å²) in [6.45, 7) is 2.88. The Morgan fingerprint density at radius 1 is 1.13 bits per heavy atom. The summed E-state index contributed by atoms with van der Waals surface area (Å²) < 4.78 is 37.7. The van der Waals surface area contributed by atoms with Crippen LogP contribution in [0, 0.1) is 11.6 Å². The third-order valence-corrected chi connectivity index (χ3v) is 4.26. The van der Waals surface area contributed by atoms with Crippen molar-refractivity contribution >= 4 is 29.9 Å². The number of aromatic nitrogens is 1. The number of oxazole rings is 1. The van der Waals surface area contributed by atoms with E-state index in [9.17, 15) is 8.78 Å². The van der Waals surface area contributed by atoms with E-state index in [4.69, 9.17) is 9.15 Å². The van der Waals surface area contributed by atoms with Crippen molar-refractivity contribution in [1.82, 2.24) is 15.6 Å². The third kappa shape index (κ3) is 7.50. The molecule has 0 aliphatic rings. The van der Waals surface area contributed by atoms with Crippen LogP contribution in [0.5, 0.6) is 5.75 Å². The summed E-state index contributed by atoms with van der Waals surface area (Å²) in [7, 11) is 1.67. The zero-order valence-electron chi connectivity index (χ0n) is 17.3. The summed E-state index contributed by atoms with van der Waals surface area (Å²) in [5.41, 5.74) is 1.49. The van der Waals surface area contributed by atoms with E-state index in [0.29, 0.717) is 31.4 Å². The molecule has 0 saturated heterocycles. The highest BCUT2D eigenvalue weighted by Gasteiger charge is 2.10. The number of guanidine groups is 1. The van der Waals surface area contributed by atoms with Gasteiger partial charge in [-0.05, 0) is 43.3 Å². The fraction of sp³-hybridized carbons (Fsp3) is 0.273. The molecule has 166 valence electrons. The van der Waals surface area contributed by atoms with Crippen LogP contribution in [0.15, 0.2) is 64.2 Å². The second kappa shape index (κ2) is 12.2. The molecule has 3 rings (SSSR count). The van der Waals surface area contributed by atoms with E-state index in [1.165, 1.54) is 18.2 Å². The normalized spacial score (nSPS) is 12.1. The van der Waals surface area contributed by atoms with E-state index in [-0.39, 0.29) is 47.5 Å². The molecule has 1 aromatic heterocycles. The lowest BCUT2D eigenvalue weighted by Crippen LogP contribution is -2.42. The minimum Gasteiger partial charge on any atom is -0.486 e. The predicted molar refractivity (Wildman–Crippen MR) is 127 cm³/mol. The maximum Gasteiger partial charge on any atom is 0.226 e. The lowest BCUT2D eigenvalue weighted by atomic mass is 10.2. The van der Waals surface area contributed by atoms with E-state index >= 15 is 0 Å². The van der Waals surface area contributed by atoms with Crippen molar-refractivity contribution in [3.63, 3.8) is 0 Å². The lowest BCUT2D eigenvalue weighted by Gasteiger charge is -2.18. The SMILES string of the molecule is CN=C(NCCc1coc(-c2ccc(F)cc2)n1)NCC(C)Oc1ccccc1F.I.